The van der Waals surface area contributed by atoms with Gasteiger partial charge in [0, 0.05) is 13.1 Å². The van der Waals surface area contributed by atoms with E-state index in [4.69, 9.17) is 0 Å². The highest BCUT2D eigenvalue weighted by atomic mass is 19.4. The Labute approximate surface area is 108 Å². The van der Waals surface area contributed by atoms with Crippen molar-refractivity contribution >= 4 is 0 Å². The fraction of sp³-hybridized carbons (Fsp3) is 0.538. The molecule has 6 heteroatoms. The molecule has 0 saturated carbocycles. The smallest absolute Gasteiger partial charge is 0.392 e. The Morgan fingerprint density at radius 1 is 1.32 bits per heavy atom. The zero-order chi connectivity index (χ0) is 14.0. The maximum Gasteiger partial charge on any atom is 0.419 e. The quantitative estimate of drug-likeness (QED) is 0.840. The number of hydrogen-bond donors (Lipinski definition) is 1. The van der Waals surface area contributed by atoms with Crippen LogP contribution in [0.25, 0.3) is 0 Å². The fourth-order valence-electron chi connectivity index (χ4n) is 2.32. The summed E-state index contributed by atoms with van der Waals surface area (Å²) in [7, 11) is 0. The minimum Gasteiger partial charge on any atom is -0.392 e. The van der Waals surface area contributed by atoms with Crippen molar-refractivity contribution in [3.63, 3.8) is 0 Å². The summed E-state index contributed by atoms with van der Waals surface area (Å²) < 4.78 is 50.9. The average molecular weight is 277 g/mol. The van der Waals surface area contributed by atoms with Gasteiger partial charge in [0.25, 0.3) is 0 Å². The Morgan fingerprint density at radius 3 is 2.68 bits per heavy atom. The van der Waals surface area contributed by atoms with Crippen molar-refractivity contribution in [3.8, 4) is 0 Å². The molecule has 2 nitrogen and oxygen atoms in total. The SMILES string of the molecule is OC1CCCN(Cc2ccc(F)c(C(F)(F)F)c2)C1. The summed E-state index contributed by atoms with van der Waals surface area (Å²) in [6, 6.07) is 3.04. The van der Waals surface area contributed by atoms with E-state index < -0.39 is 23.7 Å². The van der Waals surface area contributed by atoms with Crippen LogP contribution in [-0.4, -0.2) is 29.2 Å². The largest absolute Gasteiger partial charge is 0.419 e. The van der Waals surface area contributed by atoms with E-state index in [2.05, 4.69) is 0 Å². The van der Waals surface area contributed by atoms with Crippen LogP contribution in [0.2, 0.25) is 0 Å². The first-order valence-electron chi connectivity index (χ1n) is 6.12. The highest BCUT2D eigenvalue weighted by Gasteiger charge is 2.34. The van der Waals surface area contributed by atoms with E-state index in [0.717, 1.165) is 25.1 Å². The summed E-state index contributed by atoms with van der Waals surface area (Å²) in [5.74, 6) is -1.25. The lowest BCUT2D eigenvalue weighted by Crippen LogP contribution is -2.37. The van der Waals surface area contributed by atoms with Crippen LogP contribution in [-0.2, 0) is 12.7 Å². The third kappa shape index (κ3) is 3.67. The second kappa shape index (κ2) is 5.46. The first-order valence-corrected chi connectivity index (χ1v) is 6.12. The van der Waals surface area contributed by atoms with Gasteiger partial charge in [-0.25, -0.2) is 4.39 Å². The molecule has 0 amide bonds. The number of benzene rings is 1. The first-order chi connectivity index (χ1) is 8.86. The van der Waals surface area contributed by atoms with Crippen molar-refractivity contribution in [3.05, 3.63) is 35.1 Å². The molecule has 0 aromatic heterocycles. The molecule has 1 N–H and O–H groups in total. The number of β-amino-alcohol motifs (C(OH)–C–C–N with tert-alkyl or cyclic N) is 1. The lowest BCUT2D eigenvalue weighted by atomic mass is 10.1. The van der Waals surface area contributed by atoms with Crippen molar-refractivity contribution in [1.82, 2.24) is 4.90 Å². The molecular formula is C13H15F4NO. The van der Waals surface area contributed by atoms with Crippen LogP contribution in [0.5, 0.6) is 0 Å². The van der Waals surface area contributed by atoms with Crippen molar-refractivity contribution in [2.24, 2.45) is 0 Å². The summed E-state index contributed by atoms with van der Waals surface area (Å²) in [6.45, 7) is 1.47. The zero-order valence-corrected chi connectivity index (χ0v) is 10.3. The highest BCUT2D eigenvalue weighted by molar-refractivity contribution is 5.27. The Kier molecular flexibility index (Phi) is 4.10. The number of hydrogen-bond acceptors (Lipinski definition) is 2. The Hall–Kier alpha value is -1.14. The summed E-state index contributed by atoms with van der Waals surface area (Å²) >= 11 is 0. The van der Waals surface area contributed by atoms with Gasteiger partial charge in [-0.15, -0.1) is 0 Å². The molecule has 1 aromatic carbocycles. The van der Waals surface area contributed by atoms with Crippen LogP contribution >= 0.6 is 0 Å². The van der Waals surface area contributed by atoms with Crippen molar-refractivity contribution in [2.75, 3.05) is 13.1 Å². The molecule has 1 fully saturated rings. The van der Waals surface area contributed by atoms with E-state index in [9.17, 15) is 22.7 Å². The van der Waals surface area contributed by atoms with Gasteiger partial charge in [0.1, 0.15) is 5.82 Å². The number of likely N-dealkylation sites (tertiary alicyclic amines) is 1. The second-order valence-corrected chi connectivity index (χ2v) is 4.84. The van der Waals surface area contributed by atoms with Gasteiger partial charge in [-0.05, 0) is 37.1 Å². The topological polar surface area (TPSA) is 23.5 Å². The van der Waals surface area contributed by atoms with Gasteiger partial charge >= 0.3 is 6.18 Å². The number of aliphatic hydroxyl groups is 1. The van der Waals surface area contributed by atoms with Gasteiger partial charge in [0.05, 0.1) is 11.7 Å². The third-order valence-corrected chi connectivity index (χ3v) is 3.22. The van der Waals surface area contributed by atoms with Crippen molar-refractivity contribution in [1.29, 1.82) is 0 Å². The lowest BCUT2D eigenvalue weighted by molar-refractivity contribution is -0.140. The van der Waals surface area contributed by atoms with Crippen LogP contribution < -0.4 is 0 Å². The molecule has 1 aliphatic heterocycles. The summed E-state index contributed by atoms with van der Waals surface area (Å²) in [4.78, 5) is 1.88. The van der Waals surface area contributed by atoms with Crippen LogP contribution in [0.15, 0.2) is 18.2 Å². The van der Waals surface area contributed by atoms with Gasteiger partial charge in [0.15, 0.2) is 0 Å². The number of rotatable bonds is 2. The lowest BCUT2D eigenvalue weighted by Gasteiger charge is -2.30. The summed E-state index contributed by atoms with van der Waals surface area (Å²) in [5.41, 5.74) is -0.828. The molecule has 19 heavy (non-hydrogen) atoms. The summed E-state index contributed by atoms with van der Waals surface area (Å²) in [5, 5.41) is 9.50. The standard InChI is InChI=1S/C13H15F4NO/c14-12-4-3-9(6-11(12)13(15,16)17)7-18-5-1-2-10(19)8-18/h3-4,6,10,19H,1-2,5,7-8H2. The summed E-state index contributed by atoms with van der Waals surface area (Å²) in [6.07, 6.45) is -3.58. The molecule has 0 spiro atoms. The van der Waals surface area contributed by atoms with E-state index >= 15 is 0 Å². The number of alkyl halides is 3. The second-order valence-electron chi connectivity index (χ2n) is 4.84. The predicted molar refractivity (Wildman–Crippen MR) is 61.9 cm³/mol. The van der Waals surface area contributed by atoms with Crippen molar-refractivity contribution < 1.29 is 22.7 Å². The minimum absolute atomic E-state index is 0.292. The average Bonchev–Trinajstić information content (AvgIpc) is 2.30. The number of nitrogens with zero attached hydrogens (tertiary/aromatic N) is 1. The van der Waals surface area contributed by atoms with Gasteiger partial charge in [-0.2, -0.15) is 13.2 Å². The molecular weight excluding hydrogens is 262 g/mol. The highest BCUT2D eigenvalue weighted by Crippen LogP contribution is 2.32. The van der Waals surface area contributed by atoms with E-state index in [1.165, 1.54) is 6.07 Å². The van der Waals surface area contributed by atoms with Gasteiger partial charge in [-0.3, -0.25) is 4.90 Å². The van der Waals surface area contributed by atoms with Gasteiger partial charge in [0.2, 0.25) is 0 Å². The van der Waals surface area contributed by atoms with Crippen molar-refractivity contribution in [2.45, 2.75) is 31.7 Å². The maximum atomic E-state index is 13.1. The first kappa shape index (κ1) is 14.3. The molecule has 1 atom stereocenters. The molecule has 2 rings (SSSR count). The molecule has 1 aliphatic rings. The van der Waals surface area contributed by atoms with Crippen LogP contribution in [0, 0.1) is 5.82 Å². The normalized spacial score (nSPS) is 21.6. The molecule has 106 valence electrons. The maximum absolute atomic E-state index is 13.1. The Morgan fingerprint density at radius 2 is 2.05 bits per heavy atom. The van der Waals surface area contributed by atoms with E-state index in [1.54, 1.807) is 0 Å². The molecule has 1 heterocycles. The number of piperidine rings is 1. The molecule has 1 aromatic rings. The molecule has 0 radical (unpaired) electrons. The van der Waals surface area contributed by atoms with E-state index in [1.807, 2.05) is 4.90 Å². The van der Waals surface area contributed by atoms with E-state index in [0.29, 0.717) is 25.1 Å². The van der Waals surface area contributed by atoms with Crippen LogP contribution in [0.3, 0.4) is 0 Å². The van der Waals surface area contributed by atoms with Gasteiger partial charge < -0.3 is 5.11 Å². The minimum atomic E-state index is -4.68. The fourth-order valence-corrected chi connectivity index (χ4v) is 2.32. The molecule has 0 aliphatic carbocycles. The monoisotopic (exact) mass is 277 g/mol. The van der Waals surface area contributed by atoms with E-state index in [-0.39, 0.29) is 0 Å². The molecule has 1 unspecified atom stereocenters. The zero-order valence-electron chi connectivity index (χ0n) is 10.3. The van der Waals surface area contributed by atoms with Crippen LogP contribution in [0.1, 0.15) is 24.0 Å². The number of halogens is 4. The van der Waals surface area contributed by atoms with Gasteiger partial charge in [-0.1, -0.05) is 6.07 Å². The molecule has 1 saturated heterocycles. The Bertz CT molecular complexity index is 447. The third-order valence-electron chi connectivity index (χ3n) is 3.22. The Balaban J connectivity index is 2.13. The number of aliphatic hydroxyl groups excluding tert-OH is 1. The molecule has 0 bridgehead atoms. The van der Waals surface area contributed by atoms with Crippen LogP contribution in [0.4, 0.5) is 17.6 Å². The predicted octanol–water partition coefficient (Wildman–Crippen LogP) is 2.80.